The van der Waals surface area contributed by atoms with Crippen molar-refractivity contribution in [2.24, 2.45) is 0 Å². The van der Waals surface area contributed by atoms with E-state index in [1.807, 2.05) is 65.6 Å². The smallest absolute Gasteiger partial charge is 0.249 e. The molecule has 3 rings (SSSR count). The zero-order valence-corrected chi connectivity index (χ0v) is 17.6. The van der Waals surface area contributed by atoms with Crippen molar-refractivity contribution < 1.29 is 9.59 Å². The summed E-state index contributed by atoms with van der Waals surface area (Å²) in [4.78, 5) is 30.3. The van der Waals surface area contributed by atoms with Crippen LogP contribution in [0.5, 0.6) is 0 Å². The molecule has 1 N–H and O–H groups in total. The molecule has 0 saturated carbocycles. The lowest BCUT2D eigenvalue weighted by molar-refractivity contribution is -0.138. The molecule has 2 aromatic carbocycles. The highest BCUT2D eigenvalue weighted by molar-refractivity contribution is 5.89. The van der Waals surface area contributed by atoms with Crippen LogP contribution in [0.15, 0.2) is 60.7 Å². The van der Waals surface area contributed by atoms with Crippen molar-refractivity contribution in [2.75, 3.05) is 33.2 Å². The molecule has 0 spiro atoms. The Morgan fingerprint density at radius 1 is 0.931 bits per heavy atom. The molecule has 0 bridgehead atoms. The molecule has 0 unspecified atom stereocenters. The van der Waals surface area contributed by atoms with Crippen LogP contribution in [0.2, 0.25) is 0 Å². The molecule has 2 aromatic rings. The van der Waals surface area contributed by atoms with Crippen LogP contribution in [0.1, 0.15) is 37.4 Å². The Kier molecular flexibility index (Phi) is 6.70. The van der Waals surface area contributed by atoms with Gasteiger partial charge in [-0.2, -0.15) is 0 Å². The molecule has 2 amide bonds. The molecular formula is C24H31N3O2. The SMILES string of the molecule is CN1CCN(C(=O)[C@@H](NC(=O)CC(C)(C)c2ccccc2)c2ccccc2)CC1. The number of benzene rings is 2. The summed E-state index contributed by atoms with van der Waals surface area (Å²) in [5.41, 5.74) is 1.61. The van der Waals surface area contributed by atoms with Crippen LogP contribution in [0.25, 0.3) is 0 Å². The van der Waals surface area contributed by atoms with Gasteiger partial charge in [0.25, 0.3) is 0 Å². The first-order valence-corrected chi connectivity index (χ1v) is 10.2. The van der Waals surface area contributed by atoms with Crippen LogP contribution in [0, 0.1) is 0 Å². The van der Waals surface area contributed by atoms with E-state index in [1.54, 1.807) is 0 Å². The number of likely N-dealkylation sites (N-methyl/N-ethyl adjacent to an activating group) is 1. The minimum Gasteiger partial charge on any atom is -0.341 e. The normalized spacial score (nSPS) is 16.3. The lowest BCUT2D eigenvalue weighted by atomic mass is 9.81. The quantitative estimate of drug-likeness (QED) is 0.821. The summed E-state index contributed by atoms with van der Waals surface area (Å²) in [5.74, 6) is -0.148. The fourth-order valence-corrected chi connectivity index (χ4v) is 3.75. The van der Waals surface area contributed by atoms with E-state index in [-0.39, 0.29) is 17.2 Å². The Morgan fingerprint density at radius 3 is 2.07 bits per heavy atom. The molecule has 5 nitrogen and oxygen atoms in total. The summed E-state index contributed by atoms with van der Waals surface area (Å²) < 4.78 is 0. The number of hydrogen-bond donors (Lipinski definition) is 1. The Balaban J connectivity index is 1.75. The number of carbonyl (C=O) groups excluding carboxylic acids is 2. The number of amides is 2. The van der Waals surface area contributed by atoms with Gasteiger partial charge in [0, 0.05) is 32.6 Å². The number of carbonyl (C=O) groups is 2. The molecule has 1 aliphatic rings. The van der Waals surface area contributed by atoms with E-state index < -0.39 is 6.04 Å². The first kappa shape index (κ1) is 21.1. The first-order valence-electron chi connectivity index (χ1n) is 10.2. The zero-order valence-electron chi connectivity index (χ0n) is 17.6. The van der Waals surface area contributed by atoms with Crippen molar-refractivity contribution in [3.8, 4) is 0 Å². The summed E-state index contributed by atoms with van der Waals surface area (Å²) in [7, 11) is 2.06. The predicted molar refractivity (Wildman–Crippen MR) is 115 cm³/mol. The summed E-state index contributed by atoms with van der Waals surface area (Å²) in [6.07, 6.45) is 0.316. The summed E-state index contributed by atoms with van der Waals surface area (Å²) >= 11 is 0. The maximum absolute atomic E-state index is 13.3. The molecule has 29 heavy (non-hydrogen) atoms. The molecule has 5 heteroatoms. The molecule has 1 saturated heterocycles. The summed E-state index contributed by atoms with van der Waals surface area (Å²) in [6.45, 7) is 7.18. The van der Waals surface area contributed by atoms with Crippen LogP contribution in [0.4, 0.5) is 0 Å². The van der Waals surface area contributed by atoms with Crippen molar-refractivity contribution in [3.05, 3.63) is 71.8 Å². The van der Waals surface area contributed by atoms with E-state index in [9.17, 15) is 9.59 Å². The van der Waals surface area contributed by atoms with Crippen LogP contribution in [-0.2, 0) is 15.0 Å². The van der Waals surface area contributed by atoms with Crippen LogP contribution in [0.3, 0.4) is 0 Å². The van der Waals surface area contributed by atoms with Crippen molar-refractivity contribution in [2.45, 2.75) is 31.7 Å². The topological polar surface area (TPSA) is 52.6 Å². The largest absolute Gasteiger partial charge is 0.341 e. The van der Waals surface area contributed by atoms with Crippen molar-refractivity contribution in [1.82, 2.24) is 15.1 Å². The predicted octanol–water partition coefficient (Wildman–Crippen LogP) is 2.99. The van der Waals surface area contributed by atoms with Gasteiger partial charge in [-0.3, -0.25) is 9.59 Å². The molecule has 0 radical (unpaired) electrons. The molecule has 1 atom stereocenters. The van der Waals surface area contributed by atoms with E-state index in [0.29, 0.717) is 19.5 Å². The second-order valence-electron chi connectivity index (χ2n) is 8.47. The Morgan fingerprint density at radius 2 is 1.48 bits per heavy atom. The number of nitrogens with zero attached hydrogens (tertiary/aromatic N) is 2. The van der Waals surface area contributed by atoms with E-state index >= 15 is 0 Å². The Labute approximate surface area is 173 Å². The molecular weight excluding hydrogens is 362 g/mol. The number of piperazine rings is 1. The minimum atomic E-state index is -0.654. The Bertz CT molecular complexity index is 813. The number of nitrogens with one attached hydrogen (secondary N) is 1. The van der Waals surface area contributed by atoms with Crippen LogP contribution < -0.4 is 5.32 Å². The standard InChI is InChI=1S/C24H31N3O2/c1-24(2,20-12-8-5-9-13-20)18-21(28)25-22(19-10-6-4-7-11-19)23(29)27-16-14-26(3)15-17-27/h4-13,22H,14-18H2,1-3H3,(H,25,28)/t22-/m0/s1. The van der Waals surface area contributed by atoms with Gasteiger partial charge in [0.05, 0.1) is 0 Å². The molecule has 1 heterocycles. The summed E-state index contributed by atoms with van der Waals surface area (Å²) in [6, 6.07) is 18.9. The van der Waals surface area contributed by atoms with Gasteiger partial charge >= 0.3 is 0 Å². The fraction of sp³-hybridized carbons (Fsp3) is 0.417. The second-order valence-corrected chi connectivity index (χ2v) is 8.47. The van der Waals surface area contributed by atoms with Crippen LogP contribution in [-0.4, -0.2) is 54.8 Å². The van der Waals surface area contributed by atoms with E-state index in [0.717, 1.165) is 24.2 Å². The van der Waals surface area contributed by atoms with Gasteiger partial charge in [-0.25, -0.2) is 0 Å². The van der Waals surface area contributed by atoms with Gasteiger partial charge < -0.3 is 15.1 Å². The fourth-order valence-electron chi connectivity index (χ4n) is 3.75. The second kappa shape index (κ2) is 9.23. The average Bonchev–Trinajstić information content (AvgIpc) is 2.73. The van der Waals surface area contributed by atoms with Gasteiger partial charge in [-0.1, -0.05) is 74.5 Å². The molecule has 0 aromatic heterocycles. The van der Waals surface area contributed by atoms with E-state index in [4.69, 9.17) is 0 Å². The van der Waals surface area contributed by atoms with Crippen molar-refractivity contribution in [1.29, 1.82) is 0 Å². The van der Waals surface area contributed by atoms with E-state index in [1.165, 1.54) is 0 Å². The third-order valence-electron chi connectivity index (χ3n) is 5.66. The molecule has 0 aliphatic carbocycles. The van der Waals surface area contributed by atoms with Crippen molar-refractivity contribution >= 4 is 11.8 Å². The van der Waals surface area contributed by atoms with Gasteiger partial charge in [-0.05, 0) is 23.6 Å². The lowest BCUT2D eigenvalue weighted by Crippen LogP contribution is -2.51. The van der Waals surface area contributed by atoms with Crippen molar-refractivity contribution in [3.63, 3.8) is 0 Å². The number of hydrogen-bond acceptors (Lipinski definition) is 3. The average molecular weight is 394 g/mol. The first-order chi connectivity index (χ1) is 13.9. The monoisotopic (exact) mass is 393 g/mol. The maximum atomic E-state index is 13.3. The lowest BCUT2D eigenvalue weighted by Gasteiger charge is -2.35. The third-order valence-corrected chi connectivity index (χ3v) is 5.66. The Hall–Kier alpha value is -2.66. The molecule has 1 fully saturated rings. The van der Waals surface area contributed by atoms with Gasteiger partial charge in [0.2, 0.25) is 11.8 Å². The highest BCUT2D eigenvalue weighted by Gasteiger charge is 2.31. The van der Waals surface area contributed by atoms with Gasteiger partial charge in [-0.15, -0.1) is 0 Å². The van der Waals surface area contributed by atoms with E-state index in [2.05, 4.69) is 31.1 Å². The van der Waals surface area contributed by atoms with Crippen LogP contribution >= 0.6 is 0 Å². The van der Waals surface area contributed by atoms with Gasteiger partial charge in [0.1, 0.15) is 6.04 Å². The third kappa shape index (κ3) is 5.45. The highest BCUT2D eigenvalue weighted by atomic mass is 16.2. The molecule has 154 valence electrons. The molecule has 1 aliphatic heterocycles. The maximum Gasteiger partial charge on any atom is 0.249 e. The summed E-state index contributed by atoms with van der Waals surface area (Å²) in [5, 5.41) is 3.02. The zero-order chi connectivity index (χ0) is 20.9. The number of rotatable bonds is 6. The van der Waals surface area contributed by atoms with Gasteiger partial charge in [0.15, 0.2) is 0 Å². The highest BCUT2D eigenvalue weighted by Crippen LogP contribution is 2.27. The minimum absolute atomic E-state index is 0.0323.